The van der Waals surface area contributed by atoms with Crippen molar-refractivity contribution in [2.24, 2.45) is 5.92 Å². The predicted octanol–water partition coefficient (Wildman–Crippen LogP) is 2.84. The summed E-state index contributed by atoms with van der Waals surface area (Å²) in [6.07, 6.45) is 0.218. The van der Waals surface area contributed by atoms with Crippen molar-refractivity contribution in [2.45, 2.75) is 19.5 Å². The van der Waals surface area contributed by atoms with E-state index in [0.29, 0.717) is 18.1 Å². The molecule has 0 saturated carbocycles. The Hall–Kier alpha value is -2.41. The molecule has 2 heterocycles. The van der Waals surface area contributed by atoms with Gasteiger partial charge in [-0.2, -0.15) is 0 Å². The largest absolute Gasteiger partial charge is 0.379 e. The van der Waals surface area contributed by atoms with Gasteiger partial charge in [0.05, 0.1) is 19.1 Å². The molecule has 1 N–H and O–H groups in total. The van der Waals surface area contributed by atoms with E-state index in [1.807, 2.05) is 24.3 Å². The summed E-state index contributed by atoms with van der Waals surface area (Å²) in [5.74, 6) is -0.496. The summed E-state index contributed by atoms with van der Waals surface area (Å²) in [4.78, 5) is 29.1. The van der Waals surface area contributed by atoms with Gasteiger partial charge < -0.3 is 15.0 Å². The van der Waals surface area contributed by atoms with Crippen molar-refractivity contribution in [3.63, 3.8) is 0 Å². The Morgan fingerprint density at radius 2 is 1.87 bits per heavy atom. The second kappa shape index (κ2) is 9.60. The lowest BCUT2D eigenvalue weighted by atomic mass is 10.1. The fourth-order valence-corrected chi connectivity index (χ4v) is 4.15. The van der Waals surface area contributed by atoms with Gasteiger partial charge in [0, 0.05) is 49.9 Å². The van der Waals surface area contributed by atoms with Crippen LogP contribution in [-0.4, -0.2) is 49.6 Å². The van der Waals surface area contributed by atoms with Crippen LogP contribution in [0.2, 0.25) is 5.02 Å². The summed E-state index contributed by atoms with van der Waals surface area (Å²) in [6.45, 7) is 5.17. The smallest absolute Gasteiger partial charge is 0.227 e. The van der Waals surface area contributed by atoms with Crippen molar-refractivity contribution in [1.82, 2.24) is 10.2 Å². The van der Waals surface area contributed by atoms with Crippen molar-refractivity contribution < 1.29 is 14.3 Å². The first-order chi connectivity index (χ1) is 14.6. The lowest BCUT2D eigenvalue weighted by molar-refractivity contribution is -0.126. The van der Waals surface area contributed by atoms with E-state index >= 15 is 0 Å². The minimum atomic E-state index is -0.354. The number of ether oxygens (including phenoxy) is 1. The van der Waals surface area contributed by atoms with Gasteiger partial charge in [-0.05, 0) is 29.3 Å². The summed E-state index contributed by atoms with van der Waals surface area (Å²) < 4.78 is 5.40. The first-order valence-corrected chi connectivity index (χ1v) is 10.7. The number of amides is 2. The number of carbonyl (C=O) groups excluding carboxylic acids is 2. The number of rotatable bonds is 6. The Kier molecular flexibility index (Phi) is 6.67. The lowest BCUT2D eigenvalue weighted by Crippen LogP contribution is -2.35. The molecule has 7 heteroatoms. The molecule has 1 unspecified atom stereocenters. The molecule has 0 aromatic heterocycles. The molecule has 158 valence electrons. The molecular weight excluding hydrogens is 402 g/mol. The third-order valence-corrected chi connectivity index (χ3v) is 5.82. The Labute approximate surface area is 181 Å². The van der Waals surface area contributed by atoms with E-state index < -0.39 is 0 Å². The molecule has 2 fully saturated rings. The minimum absolute atomic E-state index is 0.0510. The second-order valence-corrected chi connectivity index (χ2v) is 8.25. The highest BCUT2D eigenvalue weighted by Crippen LogP contribution is 2.27. The second-order valence-electron chi connectivity index (χ2n) is 7.81. The van der Waals surface area contributed by atoms with Crippen LogP contribution < -0.4 is 10.2 Å². The highest BCUT2D eigenvalue weighted by atomic mass is 35.5. The maximum atomic E-state index is 12.7. The molecule has 30 heavy (non-hydrogen) atoms. The molecule has 2 aromatic rings. The predicted molar refractivity (Wildman–Crippen MR) is 116 cm³/mol. The van der Waals surface area contributed by atoms with Crippen molar-refractivity contribution in [1.29, 1.82) is 0 Å². The quantitative estimate of drug-likeness (QED) is 0.770. The van der Waals surface area contributed by atoms with Crippen LogP contribution in [0.4, 0.5) is 5.69 Å². The summed E-state index contributed by atoms with van der Waals surface area (Å²) >= 11 is 6.04. The zero-order chi connectivity index (χ0) is 20.9. The average molecular weight is 428 g/mol. The molecule has 0 bridgehead atoms. The van der Waals surface area contributed by atoms with Crippen molar-refractivity contribution in [2.75, 3.05) is 37.7 Å². The Morgan fingerprint density at radius 1 is 1.10 bits per heavy atom. The summed E-state index contributed by atoms with van der Waals surface area (Å²) in [7, 11) is 0. The van der Waals surface area contributed by atoms with E-state index in [4.69, 9.17) is 16.3 Å². The number of halogens is 1. The summed E-state index contributed by atoms with van der Waals surface area (Å²) in [5, 5.41) is 3.57. The Bertz CT molecular complexity index is 914. The normalized spacial score (nSPS) is 19.8. The van der Waals surface area contributed by atoms with E-state index in [1.165, 1.54) is 5.56 Å². The summed E-state index contributed by atoms with van der Waals surface area (Å²) in [6, 6.07) is 15.4. The van der Waals surface area contributed by atoms with Gasteiger partial charge in [-0.15, -0.1) is 0 Å². The number of carbonyl (C=O) groups is 2. The molecule has 2 aromatic carbocycles. The monoisotopic (exact) mass is 427 g/mol. The molecule has 0 aliphatic carbocycles. The topological polar surface area (TPSA) is 61.9 Å². The van der Waals surface area contributed by atoms with Gasteiger partial charge >= 0.3 is 0 Å². The highest BCUT2D eigenvalue weighted by molar-refractivity contribution is 6.31. The van der Waals surface area contributed by atoms with Crippen LogP contribution in [-0.2, 0) is 27.4 Å². The van der Waals surface area contributed by atoms with Gasteiger partial charge in [0.2, 0.25) is 11.8 Å². The molecule has 0 radical (unpaired) electrons. The number of anilines is 1. The molecular formula is C23H26ClN3O3. The zero-order valence-corrected chi connectivity index (χ0v) is 17.6. The van der Waals surface area contributed by atoms with E-state index in [1.54, 1.807) is 17.0 Å². The average Bonchev–Trinajstić information content (AvgIpc) is 3.15. The molecule has 6 nitrogen and oxygen atoms in total. The highest BCUT2D eigenvalue weighted by Gasteiger charge is 2.35. The standard InChI is InChI=1S/C23H26ClN3O3/c24-20-5-2-6-21(13-20)27-16-19(12-22(27)28)23(29)25-14-17-3-1-4-18(11-17)15-26-7-9-30-10-8-26/h1-6,11,13,19H,7-10,12,14-16H2,(H,25,29). The molecule has 2 amide bonds. The fraction of sp³-hybridized carbons (Fsp3) is 0.391. The van der Waals surface area contributed by atoms with E-state index in [-0.39, 0.29) is 24.2 Å². The van der Waals surface area contributed by atoms with Crippen LogP contribution >= 0.6 is 11.6 Å². The molecule has 1 atom stereocenters. The maximum Gasteiger partial charge on any atom is 0.227 e. The first kappa shape index (κ1) is 20.8. The Balaban J connectivity index is 1.31. The first-order valence-electron chi connectivity index (χ1n) is 10.3. The fourth-order valence-electron chi connectivity index (χ4n) is 3.97. The maximum absolute atomic E-state index is 12.7. The van der Waals surface area contributed by atoms with Crippen LogP contribution in [0.25, 0.3) is 0 Å². The van der Waals surface area contributed by atoms with Gasteiger partial charge in [0.15, 0.2) is 0 Å². The van der Waals surface area contributed by atoms with Crippen LogP contribution in [0.1, 0.15) is 17.5 Å². The van der Waals surface area contributed by atoms with Gasteiger partial charge in [-0.1, -0.05) is 41.9 Å². The molecule has 4 rings (SSSR count). The lowest BCUT2D eigenvalue weighted by Gasteiger charge is -2.26. The van der Waals surface area contributed by atoms with Gasteiger partial charge in [-0.3, -0.25) is 14.5 Å². The van der Waals surface area contributed by atoms with Crippen molar-refractivity contribution >= 4 is 29.1 Å². The van der Waals surface area contributed by atoms with Crippen LogP contribution in [0, 0.1) is 5.92 Å². The van der Waals surface area contributed by atoms with E-state index in [9.17, 15) is 9.59 Å². The van der Waals surface area contributed by atoms with Crippen molar-refractivity contribution in [3.8, 4) is 0 Å². The SMILES string of the molecule is O=C(NCc1cccc(CN2CCOCC2)c1)C1CC(=O)N(c2cccc(Cl)c2)C1. The number of nitrogens with one attached hydrogen (secondary N) is 1. The van der Waals surface area contributed by atoms with Gasteiger partial charge in [0.1, 0.15) is 0 Å². The third kappa shape index (κ3) is 5.19. The minimum Gasteiger partial charge on any atom is -0.379 e. The van der Waals surface area contributed by atoms with Crippen molar-refractivity contribution in [3.05, 3.63) is 64.7 Å². The van der Waals surface area contributed by atoms with Crippen LogP contribution in [0.5, 0.6) is 0 Å². The number of nitrogens with zero attached hydrogens (tertiary/aromatic N) is 2. The van der Waals surface area contributed by atoms with Gasteiger partial charge in [-0.25, -0.2) is 0 Å². The Morgan fingerprint density at radius 3 is 2.67 bits per heavy atom. The third-order valence-electron chi connectivity index (χ3n) is 5.58. The van der Waals surface area contributed by atoms with Gasteiger partial charge in [0.25, 0.3) is 0 Å². The van der Waals surface area contributed by atoms with E-state index in [2.05, 4.69) is 22.3 Å². The van der Waals surface area contributed by atoms with E-state index in [0.717, 1.165) is 44.1 Å². The number of hydrogen-bond acceptors (Lipinski definition) is 4. The zero-order valence-electron chi connectivity index (χ0n) is 16.9. The molecule has 0 spiro atoms. The van der Waals surface area contributed by atoms with Crippen LogP contribution in [0.3, 0.4) is 0 Å². The summed E-state index contributed by atoms with van der Waals surface area (Å²) in [5.41, 5.74) is 3.02. The molecule has 2 aliphatic heterocycles. The number of hydrogen-bond donors (Lipinski definition) is 1. The number of benzene rings is 2. The molecule has 2 aliphatic rings. The van der Waals surface area contributed by atoms with Crippen LogP contribution in [0.15, 0.2) is 48.5 Å². The number of morpholine rings is 1. The molecule has 2 saturated heterocycles.